The first-order valence-electron chi connectivity index (χ1n) is 6.44. The van der Waals surface area contributed by atoms with Gasteiger partial charge in [-0.1, -0.05) is 12.8 Å². The highest BCUT2D eigenvalue weighted by atomic mass is 16.6. The summed E-state index contributed by atoms with van der Waals surface area (Å²) in [5.41, 5.74) is 0.630. The molecule has 15 heavy (non-hydrogen) atoms. The second-order valence-electron chi connectivity index (χ2n) is 5.86. The van der Waals surface area contributed by atoms with Gasteiger partial charge in [-0.3, -0.25) is 4.79 Å². The molecule has 2 heteroatoms. The van der Waals surface area contributed by atoms with Crippen LogP contribution in [0.3, 0.4) is 0 Å². The summed E-state index contributed by atoms with van der Waals surface area (Å²) in [5.74, 6) is 0.0392. The van der Waals surface area contributed by atoms with Crippen LogP contribution in [-0.4, -0.2) is 11.6 Å². The van der Waals surface area contributed by atoms with Gasteiger partial charge in [0, 0.05) is 6.42 Å². The van der Waals surface area contributed by atoms with E-state index < -0.39 is 0 Å². The Morgan fingerprint density at radius 2 is 1.53 bits per heavy atom. The van der Waals surface area contributed by atoms with Crippen LogP contribution in [0.2, 0.25) is 0 Å². The molecule has 0 unspecified atom stereocenters. The topological polar surface area (TPSA) is 26.3 Å². The lowest BCUT2D eigenvalue weighted by Crippen LogP contribution is -2.37. The molecule has 84 valence electrons. The molecule has 2 spiro atoms. The van der Waals surface area contributed by atoms with Crippen molar-refractivity contribution in [3.05, 3.63) is 0 Å². The van der Waals surface area contributed by atoms with Crippen molar-refractivity contribution in [1.82, 2.24) is 0 Å². The van der Waals surface area contributed by atoms with Crippen LogP contribution in [-0.2, 0) is 9.53 Å². The van der Waals surface area contributed by atoms with Crippen LogP contribution < -0.4 is 0 Å². The Bertz CT molecular complexity index is 266. The van der Waals surface area contributed by atoms with Gasteiger partial charge in [-0.15, -0.1) is 0 Å². The van der Waals surface area contributed by atoms with Gasteiger partial charge in [-0.25, -0.2) is 0 Å². The molecule has 2 aliphatic carbocycles. The number of hydrogen-bond acceptors (Lipinski definition) is 2. The average molecular weight is 208 g/mol. The van der Waals surface area contributed by atoms with E-state index in [9.17, 15) is 4.79 Å². The summed E-state index contributed by atoms with van der Waals surface area (Å²) in [6, 6.07) is 0. The number of carbonyl (C=O) groups excluding carboxylic acids is 1. The van der Waals surface area contributed by atoms with Gasteiger partial charge >= 0.3 is 5.97 Å². The average Bonchev–Trinajstić information content (AvgIpc) is 2.81. The lowest BCUT2D eigenvalue weighted by Gasteiger charge is -2.42. The van der Waals surface area contributed by atoms with Gasteiger partial charge in [0.25, 0.3) is 0 Å². The predicted octanol–water partition coefficient (Wildman–Crippen LogP) is 3.20. The lowest BCUT2D eigenvalue weighted by atomic mass is 9.67. The van der Waals surface area contributed by atoms with E-state index in [-0.39, 0.29) is 11.6 Å². The Morgan fingerprint density at radius 3 is 2.07 bits per heavy atom. The fourth-order valence-electron chi connectivity index (χ4n) is 3.89. The Hall–Kier alpha value is -0.530. The molecule has 0 N–H and O–H groups in total. The first-order valence-corrected chi connectivity index (χ1v) is 6.44. The fraction of sp³-hybridized carbons (Fsp3) is 0.923. The predicted molar refractivity (Wildman–Crippen MR) is 57.4 cm³/mol. The van der Waals surface area contributed by atoms with E-state index >= 15 is 0 Å². The number of carbonyl (C=O) groups is 1. The summed E-state index contributed by atoms with van der Waals surface area (Å²) in [6.07, 6.45) is 12.2. The summed E-state index contributed by atoms with van der Waals surface area (Å²) >= 11 is 0. The molecule has 1 aliphatic heterocycles. The maximum absolute atomic E-state index is 11.2. The monoisotopic (exact) mass is 208 g/mol. The third kappa shape index (κ3) is 1.58. The van der Waals surface area contributed by atoms with Crippen LogP contribution >= 0.6 is 0 Å². The molecule has 0 atom stereocenters. The molecule has 0 radical (unpaired) electrons. The molecule has 0 amide bonds. The molecule has 0 aromatic carbocycles. The summed E-state index contributed by atoms with van der Waals surface area (Å²) in [5, 5.41) is 0. The second-order valence-corrected chi connectivity index (χ2v) is 5.86. The van der Waals surface area contributed by atoms with E-state index in [2.05, 4.69) is 0 Å². The van der Waals surface area contributed by atoms with Crippen LogP contribution in [0.25, 0.3) is 0 Å². The van der Waals surface area contributed by atoms with Gasteiger partial charge < -0.3 is 4.74 Å². The van der Waals surface area contributed by atoms with Crippen molar-refractivity contribution in [2.45, 2.75) is 69.8 Å². The van der Waals surface area contributed by atoms with Gasteiger partial charge in [0.05, 0.1) is 0 Å². The van der Waals surface area contributed by atoms with E-state index in [0.717, 1.165) is 19.3 Å². The minimum atomic E-state index is -0.0229. The molecule has 3 rings (SSSR count). The number of rotatable bonds is 0. The van der Waals surface area contributed by atoms with Gasteiger partial charge in [0.2, 0.25) is 0 Å². The van der Waals surface area contributed by atoms with Crippen LogP contribution in [0.5, 0.6) is 0 Å². The second kappa shape index (κ2) is 3.23. The Balaban J connectivity index is 1.67. The molecule has 0 aromatic rings. The van der Waals surface area contributed by atoms with Gasteiger partial charge in [-0.2, -0.15) is 0 Å². The molecular formula is C13H20O2. The maximum atomic E-state index is 11.2. The number of hydrogen-bond donors (Lipinski definition) is 0. The largest absolute Gasteiger partial charge is 0.459 e. The maximum Gasteiger partial charge on any atom is 0.306 e. The van der Waals surface area contributed by atoms with Crippen molar-refractivity contribution in [1.29, 1.82) is 0 Å². The summed E-state index contributed by atoms with van der Waals surface area (Å²) in [7, 11) is 0. The van der Waals surface area contributed by atoms with Crippen molar-refractivity contribution >= 4 is 5.97 Å². The first kappa shape index (κ1) is 9.68. The van der Waals surface area contributed by atoms with Crippen LogP contribution in [0, 0.1) is 5.41 Å². The summed E-state index contributed by atoms with van der Waals surface area (Å²) < 4.78 is 5.55. The van der Waals surface area contributed by atoms with Crippen molar-refractivity contribution in [3.63, 3.8) is 0 Å². The molecule has 3 fully saturated rings. The molecular weight excluding hydrogens is 188 g/mol. The molecule has 2 nitrogen and oxygen atoms in total. The zero-order valence-corrected chi connectivity index (χ0v) is 9.39. The minimum absolute atomic E-state index is 0.0229. The van der Waals surface area contributed by atoms with E-state index in [1.807, 2.05) is 0 Å². The first-order chi connectivity index (χ1) is 7.22. The Labute approximate surface area is 91.4 Å². The highest BCUT2D eigenvalue weighted by molar-refractivity contribution is 5.72. The minimum Gasteiger partial charge on any atom is -0.459 e. The number of esters is 1. The molecule has 1 heterocycles. The van der Waals surface area contributed by atoms with Gasteiger partial charge in [0.15, 0.2) is 0 Å². The van der Waals surface area contributed by atoms with Crippen molar-refractivity contribution in [2.24, 2.45) is 5.41 Å². The van der Waals surface area contributed by atoms with Crippen molar-refractivity contribution in [2.75, 3.05) is 0 Å². The lowest BCUT2D eigenvalue weighted by molar-refractivity contribution is -0.152. The molecule has 1 saturated heterocycles. The smallest absolute Gasteiger partial charge is 0.306 e. The molecule has 3 aliphatic rings. The van der Waals surface area contributed by atoms with E-state index in [1.165, 1.54) is 38.5 Å². The third-order valence-corrected chi connectivity index (χ3v) is 5.00. The van der Waals surface area contributed by atoms with E-state index in [4.69, 9.17) is 4.74 Å². The quantitative estimate of drug-likeness (QED) is 0.571. The Kier molecular flexibility index (Phi) is 2.08. The normalized spacial score (nSPS) is 32.4. The van der Waals surface area contributed by atoms with E-state index in [1.54, 1.807) is 0 Å². The zero-order chi connectivity index (χ0) is 10.4. The SMILES string of the molecule is O=C1CCC2(CCC3(CCCC3)CC2)O1. The highest BCUT2D eigenvalue weighted by Crippen LogP contribution is 2.54. The van der Waals surface area contributed by atoms with Crippen LogP contribution in [0.1, 0.15) is 64.2 Å². The Morgan fingerprint density at radius 1 is 0.867 bits per heavy atom. The molecule has 0 aromatic heterocycles. The van der Waals surface area contributed by atoms with Gasteiger partial charge in [0.1, 0.15) is 5.60 Å². The van der Waals surface area contributed by atoms with Gasteiger partial charge in [-0.05, 0) is 50.4 Å². The molecule has 2 saturated carbocycles. The van der Waals surface area contributed by atoms with E-state index in [0.29, 0.717) is 11.8 Å². The van der Waals surface area contributed by atoms with Crippen molar-refractivity contribution < 1.29 is 9.53 Å². The zero-order valence-electron chi connectivity index (χ0n) is 9.39. The highest BCUT2D eigenvalue weighted by Gasteiger charge is 2.48. The van der Waals surface area contributed by atoms with Crippen LogP contribution in [0.15, 0.2) is 0 Å². The van der Waals surface area contributed by atoms with Crippen LogP contribution in [0.4, 0.5) is 0 Å². The molecule has 0 bridgehead atoms. The summed E-state index contributed by atoms with van der Waals surface area (Å²) in [4.78, 5) is 11.2. The summed E-state index contributed by atoms with van der Waals surface area (Å²) in [6.45, 7) is 0. The fourth-order valence-corrected chi connectivity index (χ4v) is 3.89. The number of ether oxygens (including phenoxy) is 1. The third-order valence-electron chi connectivity index (χ3n) is 5.00. The van der Waals surface area contributed by atoms with Crippen molar-refractivity contribution in [3.8, 4) is 0 Å². The standard InChI is InChI=1S/C13H20O2/c14-11-3-6-13(15-11)9-7-12(8-10-13)4-1-2-5-12/h1-10H2.